The maximum atomic E-state index is 5.24. The Labute approximate surface area is 129 Å². The molecule has 0 aliphatic carbocycles. The second-order valence-electron chi connectivity index (χ2n) is 4.59. The summed E-state index contributed by atoms with van der Waals surface area (Å²) in [6.07, 6.45) is 1.89. The molecule has 2 rings (SSSR count). The van der Waals surface area contributed by atoms with Crippen LogP contribution in [0.2, 0.25) is 0 Å². The molecule has 0 spiro atoms. The Balaban J connectivity index is 1.83. The Morgan fingerprint density at radius 1 is 1.38 bits per heavy atom. The van der Waals surface area contributed by atoms with Crippen molar-refractivity contribution in [1.82, 2.24) is 15.8 Å². The molecule has 0 saturated heterocycles. The highest BCUT2D eigenvalue weighted by Crippen LogP contribution is 2.08. The van der Waals surface area contributed by atoms with E-state index in [0.717, 1.165) is 43.3 Å². The van der Waals surface area contributed by atoms with Gasteiger partial charge in [-0.2, -0.15) is 0 Å². The lowest BCUT2D eigenvalue weighted by atomic mass is 10.3. The summed E-state index contributed by atoms with van der Waals surface area (Å²) in [5, 5.41) is 12.6. The molecule has 2 aromatic heterocycles. The minimum Gasteiger partial charge on any atom is -0.359 e. The smallest absolute Gasteiger partial charge is 0.191 e. The maximum absolute atomic E-state index is 5.24. The minimum absolute atomic E-state index is 0.501. The molecule has 0 aliphatic heterocycles. The van der Waals surface area contributed by atoms with Crippen molar-refractivity contribution in [3.05, 3.63) is 39.9 Å². The summed E-state index contributed by atoms with van der Waals surface area (Å²) >= 11 is 1.78. The maximum Gasteiger partial charge on any atom is 0.191 e. The van der Waals surface area contributed by atoms with Crippen molar-refractivity contribution in [3.63, 3.8) is 0 Å². The summed E-state index contributed by atoms with van der Waals surface area (Å²) in [4.78, 5) is 5.89. The average molecular weight is 306 g/mol. The van der Waals surface area contributed by atoms with E-state index in [1.807, 2.05) is 6.07 Å². The van der Waals surface area contributed by atoms with Gasteiger partial charge in [-0.3, -0.25) is 0 Å². The summed E-state index contributed by atoms with van der Waals surface area (Å²) in [6, 6.07) is 6.18. The molecule has 0 aromatic carbocycles. The normalized spacial score (nSPS) is 11.6. The lowest BCUT2D eigenvalue weighted by Gasteiger charge is -2.10. The summed E-state index contributed by atoms with van der Waals surface area (Å²) in [6.45, 7) is 6.31. The third kappa shape index (κ3) is 5.23. The van der Waals surface area contributed by atoms with Crippen molar-refractivity contribution < 1.29 is 4.52 Å². The Kier molecular flexibility index (Phi) is 6.27. The Bertz CT molecular complexity index is 548. The fraction of sp³-hybridized carbons (Fsp3) is 0.467. The first kappa shape index (κ1) is 15.6. The van der Waals surface area contributed by atoms with Crippen LogP contribution in [0.15, 0.2) is 33.1 Å². The highest BCUT2D eigenvalue weighted by atomic mass is 32.1. The Morgan fingerprint density at radius 3 is 2.95 bits per heavy atom. The van der Waals surface area contributed by atoms with Crippen LogP contribution in [0.4, 0.5) is 0 Å². The van der Waals surface area contributed by atoms with Crippen LogP contribution in [-0.4, -0.2) is 24.2 Å². The Morgan fingerprint density at radius 2 is 2.29 bits per heavy atom. The van der Waals surface area contributed by atoms with Gasteiger partial charge in [0.15, 0.2) is 11.7 Å². The molecule has 0 atom stereocenters. The molecule has 0 bridgehead atoms. The summed E-state index contributed by atoms with van der Waals surface area (Å²) in [7, 11) is 0. The zero-order valence-corrected chi connectivity index (χ0v) is 13.4. The van der Waals surface area contributed by atoms with Gasteiger partial charge in [0.05, 0.1) is 5.69 Å². The number of rotatable bonds is 7. The first-order chi connectivity index (χ1) is 10.3. The molecule has 0 radical (unpaired) electrons. The van der Waals surface area contributed by atoms with E-state index in [1.54, 1.807) is 11.3 Å². The van der Waals surface area contributed by atoms with E-state index in [9.17, 15) is 0 Å². The van der Waals surface area contributed by atoms with E-state index < -0.39 is 0 Å². The summed E-state index contributed by atoms with van der Waals surface area (Å²) < 4.78 is 5.24. The molecule has 2 N–H and O–H groups in total. The topological polar surface area (TPSA) is 62.5 Å². The van der Waals surface area contributed by atoms with Gasteiger partial charge in [0, 0.05) is 24.0 Å². The van der Waals surface area contributed by atoms with Crippen LogP contribution in [0.25, 0.3) is 0 Å². The number of aliphatic imine (C=N–C) groups is 1. The standard InChI is InChI=1S/C15H22N4OS/c1-3-12-10-13(20-19-12)11-18-15(16-4-2)17-8-7-14-6-5-9-21-14/h5-6,9-10H,3-4,7-8,11H2,1-2H3,(H2,16,17,18). The van der Waals surface area contributed by atoms with Gasteiger partial charge in [-0.25, -0.2) is 4.99 Å². The third-order valence-electron chi connectivity index (χ3n) is 2.95. The van der Waals surface area contributed by atoms with Crippen LogP contribution >= 0.6 is 11.3 Å². The number of aromatic nitrogens is 1. The number of hydrogen-bond donors (Lipinski definition) is 2. The molecular formula is C15H22N4OS. The van der Waals surface area contributed by atoms with Gasteiger partial charge in [-0.05, 0) is 31.2 Å². The van der Waals surface area contributed by atoms with Crippen molar-refractivity contribution in [2.75, 3.05) is 13.1 Å². The van der Waals surface area contributed by atoms with Crippen LogP contribution in [0.1, 0.15) is 30.2 Å². The van der Waals surface area contributed by atoms with E-state index in [-0.39, 0.29) is 0 Å². The van der Waals surface area contributed by atoms with Crippen LogP contribution < -0.4 is 10.6 Å². The molecule has 114 valence electrons. The molecule has 0 unspecified atom stereocenters. The zero-order chi connectivity index (χ0) is 14.9. The molecule has 5 nitrogen and oxygen atoms in total. The van der Waals surface area contributed by atoms with E-state index in [1.165, 1.54) is 4.88 Å². The molecule has 0 saturated carbocycles. The van der Waals surface area contributed by atoms with Crippen LogP contribution in [0, 0.1) is 0 Å². The highest BCUT2D eigenvalue weighted by molar-refractivity contribution is 7.09. The minimum atomic E-state index is 0.501. The predicted molar refractivity (Wildman–Crippen MR) is 86.7 cm³/mol. The zero-order valence-electron chi connectivity index (χ0n) is 12.6. The van der Waals surface area contributed by atoms with Crippen molar-refractivity contribution >= 4 is 17.3 Å². The molecular weight excluding hydrogens is 284 g/mol. The molecule has 0 fully saturated rings. The summed E-state index contributed by atoms with van der Waals surface area (Å²) in [5.74, 6) is 1.60. The lowest BCUT2D eigenvalue weighted by molar-refractivity contribution is 0.379. The van der Waals surface area contributed by atoms with Crippen molar-refractivity contribution in [2.24, 2.45) is 4.99 Å². The van der Waals surface area contributed by atoms with Crippen molar-refractivity contribution in [2.45, 2.75) is 33.2 Å². The van der Waals surface area contributed by atoms with E-state index >= 15 is 0 Å². The molecule has 0 aliphatic rings. The van der Waals surface area contributed by atoms with E-state index in [4.69, 9.17) is 4.52 Å². The second kappa shape index (κ2) is 8.46. The third-order valence-corrected chi connectivity index (χ3v) is 3.89. The fourth-order valence-electron chi connectivity index (χ4n) is 1.85. The van der Waals surface area contributed by atoms with Crippen LogP contribution in [0.3, 0.4) is 0 Å². The van der Waals surface area contributed by atoms with Gasteiger partial charge in [0.2, 0.25) is 0 Å². The van der Waals surface area contributed by atoms with Crippen LogP contribution in [-0.2, 0) is 19.4 Å². The number of thiophene rings is 1. The highest BCUT2D eigenvalue weighted by Gasteiger charge is 2.03. The molecule has 2 aromatic rings. The first-order valence-corrected chi connectivity index (χ1v) is 8.18. The van der Waals surface area contributed by atoms with Gasteiger partial charge >= 0.3 is 0 Å². The van der Waals surface area contributed by atoms with Gasteiger partial charge in [0.25, 0.3) is 0 Å². The van der Waals surface area contributed by atoms with E-state index in [0.29, 0.717) is 6.54 Å². The van der Waals surface area contributed by atoms with Gasteiger partial charge in [-0.15, -0.1) is 11.3 Å². The molecule has 0 amide bonds. The van der Waals surface area contributed by atoms with Gasteiger partial charge in [-0.1, -0.05) is 18.1 Å². The average Bonchev–Trinajstić information content (AvgIpc) is 3.16. The number of nitrogens with zero attached hydrogens (tertiary/aromatic N) is 2. The first-order valence-electron chi connectivity index (χ1n) is 7.30. The lowest BCUT2D eigenvalue weighted by Crippen LogP contribution is -2.38. The van der Waals surface area contributed by atoms with Crippen LogP contribution in [0.5, 0.6) is 0 Å². The number of hydrogen-bond acceptors (Lipinski definition) is 4. The summed E-state index contributed by atoms with van der Waals surface area (Å²) in [5.41, 5.74) is 0.968. The fourth-order valence-corrected chi connectivity index (χ4v) is 2.56. The van der Waals surface area contributed by atoms with Crippen molar-refractivity contribution in [3.8, 4) is 0 Å². The number of guanidine groups is 1. The molecule has 6 heteroatoms. The molecule has 21 heavy (non-hydrogen) atoms. The van der Waals surface area contributed by atoms with E-state index in [2.05, 4.69) is 52.1 Å². The predicted octanol–water partition coefficient (Wildman–Crippen LogP) is 2.60. The number of nitrogens with one attached hydrogen (secondary N) is 2. The largest absolute Gasteiger partial charge is 0.359 e. The number of aryl methyl sites for hydroxylation is 1. The monoisotopic (exact) mass is 306 g/mol. The second-order valence-corrected chi connectivity index (χ2v) is 5.62. The SMILES string of the molecule is CCNC(=NCc1cc(CC)no1)NCCc1cccs1. The quantitative estimate of drug-likeness (QED) is 0.610. The molecule has 2 heterocycles. The van der Waals surface area contributed by atoms with Gasteiger partial charge in [0.1, 0.15) is 6.54 Å². The van der Waals surface area contributed by atoms with Gasteiger partial charge < -0.3 is 15.2 Å². The van der Waals surface area contributed by atoms with Crippen molar-refractivity contribution in [1.29, 1.82) is 0 Å². The Hall–Kier alpha value is -1.82.